The SMILES string of the molecule is CC(=O)N(Cc1cc(CF)cc(C(F)(F)F)c1)C1CCCN(C(=O)OC(C)C)c2cc(S(C)(=O)=O)ccc21. The molecule has 0 fully saturated rings. The quantitative estimate of drug-likeness (QED) is 0.418. The van der Waals surface area contributed by atoms with Crippen molar-refractivity contribution < 1.29 is 40.3 Å². The summed E-state index contributed by atoms with van der Waals surface area (Å²) in [7, 11) is -3.65. The standard InChI is InChI=1S/C26H30F4N2O5S/c1-16(2)37-25(34)31-9-5-6-23(22-8-7-21(13-24(22)31)38(4,35)36)32(17(3)33)15-19-10-18(14-27)11-20(12-19)26(28,29)30/h7-8,10-13,16,23H,5-6,9,14-15H2,1-4H3. The van der Waals surface area contributed by atoms with Gasteiger partial charge in [-0.25, -0.2) is 17.6 Å². The van der Waals surface area contributed by atoms with Crippen molar-refractivity contribution >= 4 is 27.5 Å². The highest BCUT2D eigenvalue weighted by Crippen LogP contribution is 2.40. The first-order chi connectivity index (χ1) is 17.6. The second-order valence-corrected chi connectivity index (χ2v) is 11.6. The second-order valence-electron chi connectivity index (χ2n) is 9.55. The summed E-state index contributed by atoms with van der Waals surface area (Å²) in [5.41, 5.74) is -0.408. The Labute approximate surface area is 219 Å². The Morgan fingerprint density at radius 2 is 1.79 bits per heavy atom. The Morgan fingerprint density at radius 1 is 1.13 bits per heavy atom. The van der Waals surface area contributed by atoms with Gasteiger partial charge >= 0.3 is 12.3 Å². The van der Waals surface area contributed by atoms with Crippen LogP contribution in [0.25, 0.3) is 0 Å². The minimum absolute atomic E-state index is 0.0425. The van der Waals surface area contributed by atoms with Crippen molar-refractivity contribution in [3.63, 3.8) is 0 Å². The monoisotopic (exact) mass is 558 g/mol. The van der Waals surface area contributed by atoms with E-state index in [2.05, 4.69) is 0 Å². The topological polar surface area (TPSA) is 84.0 Å². The Bertz CT molecular complexity index is 1310. The lowest BCUT2D eigenvalue weighted by molar-refractivity contribution is -0.137. The molecule has 0 aliphatic carbocycles. The molecule has 1 unspecified atom stereocenters. The van der Waals surface area contributed by atoms with Gasteiger partial charge in [0.25, 0.3) is 0 Å². The summed E-state index contributed by atoms with van der Waals surface area (Å²) in [6.45, 7) is 3.42. The van der Waals surface area contributed by atoms with Gasteiger partial charge in [-0.2, -0.15) is 13.2 Å². The second kappa shape index (κ2) is 11.3. The molecule has 1 aliphatic rings. The number of fused-ring (bicyclic) bond motifs is 1. The van der Waals surface area contributed by atoms with Crippen LogP contribution in [0.4, 0.5) is 28.0 Å². The lowest BCUT2D eigenvalue weighted by atomic mass is 9.98. The van der Waals surface area contributed by atoms with Crippen LogP contribution in [0.5, 0.6) is 0 Å². The number of carbonyl (C=O) groups excluding carboxylic acids is 2. The van der Waals surface area contributed by atoms with Crippen molar-refractivity contribution in [3.05, 3.63) is 58.7 Å². The Balaban J connectivity index is 2.12. The first-order valence-corrected chi connectivity index (χ1v) is 13.9. The lowest BCUT2D eigenvalue weighted by Gasteiger charge is -2.32. The summed E-state index contributed by atoms with van der Waals surface area (Å²) < 4.78 is 83.6. The number of benzene rings is 2. The average Bonchev–Trinajstić information content (AvgIpc) is 2.99. The van der Waals surface area contributed by atoms with E-state index in [1.54, 1.807) is 13.8 Å². The maximum atomic E-state index is 13.4. The molecule has 0 saturated carbocycles. The average molecular weight is 559 g/mol. The molecule has 2 aromatic carbocycles. The Morgan fingerprint density at radius 3 is 2.34 bits per heavy atom. The summed E-state index contributed by atoms with van der Waals surface area (Å²) in [6.07, 6.45) is -4.07. The number of sulfone groups is 1. The highest BCUT2D eigenvalue weighted by Gasteiger charge is 2.34. The van der Waals surface area contributed by atoms with E-state index < -0.39 is 52.4 Å². The fourth-order valence-electron chi connectivity index (χ4n) is 4.50. The van der Waals surface area contributed by atoms with E-state index in [-0.39, 0.29) is 34.8 Å². The third kappa shape index (κ3) is 6.83. The number of hydrogen-bond acceptors (Lipinski definition) is 5. The number of anilines is 1. The van der Waals surface area contributed by atoms with Gasteiger partial charge in [0, 0.05) is 26.3 Å². The number of ether oxygens (including phenoxy) is 1. The molecule has 0 radical (unpaired) electrons. The molecule has 1 atom stereocenters. The molecule has 0 spiro atoms. The Kier molecular flexibility index (Phi) is 8.75. The molecule has 0 N–H and O–H groups in total. The Hall–Kier alpha value is -3.15. The van der Waals surface area contributed by atoms with Crippen molar-refractivity contribution in [2.24, 2.45) is 0 Å². The van der Waals surface area contributed by atoms with Crippen LogP contribution >= 0.6 is 0 Å². The largest absolute Gasteiger partial charge is 0.446 e. The summed E-state index contributed by atoms with van der Waals surface area (Å²) in [5, 5.41) is 0. The maximum Gasteiger partial charge on any atom is 0.416 e. The molecule has 0 aromatic heterocycles. The van der Waals surface area contributed by atoms with Gasteiger partial charge in [0.15, 0.2) is 9.84 Å². The van der Waals surface area contributed by atoms with Crippen LogP contribution in [0.1, 0.15) is 61.9 Å². The first-order valence-electron chi connectivity index (χ1n) is 12.0. The third-order valence-electron chi connectivity index (χ3n) is 6.16. The highest BCUT2D eigenvalue weighted by molar-refractivity contribution is 7.90. The number of nitrogens with zero attached hydrogens (tertiary/aromatic N) is 2. The first kappa shape index (κ1) is 29.4. The van der Waals surface area contributed by atoms with Gasteiger partial charge in [0.05, 0.1) is 28.3 Å². The summed E-state index contributed by atoms with van der Waals surface area (Å²) in [4.78, 5) is 28.4. The van der Waals surface area contributed by atoms with E-state index in [0.717, 1.165) is 18.4 Å². The van der Waals surface area contributed by atoms with Crippen LogP contribution in [0.15, 0.2) is 41.3 Å². The maximum absolute atomic E-state index is 13.4. The zero-order valence-electron chi connectivity index (χ0n) is 21.5. The number of carbonyl (C=O) groups is 2. The van der Waals surface area contributed by atoms with Gasteiger partial charge in [-0.1, -0.05) is 12.1 Å². The molecule has 0 saturated heterocycles. The molecule has 208 valence electrons. The molecule has 1 heterocycles. The fourth-order valence-corrected chi connectivity index (χ4v) is 5.14. The van der Waals surface area contributed by atoms with Crippen molar-refractivity contribution in [1.82, 2.24) is 4.90 Å². The van der Waals surface area contributed by atoms with Crippen LogP contribution in [0, 0.1) is 0 Å². The lowest BCUT2D eigenvalue weighted by Crippen LogP contribution is -2.35. The minimum atomic E-state index is -4.70. The molecule has 2 amide bonds. The molecule has 0 bridgehead atoms. The van der Waals surface area contributed by atoms with Crippen LogP contribution < -0.4 is 4.90 Å². The molecular weight excluding hydrogens is 528 g/mol. The van der Waals surface area contributed by atoms with Crippen molar-refractivity contribution in [2.75, 3.05) is 17.7 Å². The van der Waals surface area contributed by atoms with Gasteiger partial charge in [-0.05, 0) is 67.6 Å². The van der Waals surface area contributed by atoms with Gasteiger partial charge < -0.3 is 9.64 Å². The van der Waals surface area contributed by atoms with Crippen LogP contribution in [-0.2, 0) is 38.8 Å². The highest BCUT2D eigenvalue weighted by atomic mass is 32.2. The van der Waals surface area contributed by atoms with Crippen LogP contribution in [0.3, 0.4) is 0 Å². The van der Waals surface area contributed by atoms with E-state index in [9.17, 15) is 35.6 Å². The smallest absolute Gasteiger partial charge is 0.416 e. The molecule has 38 heavy (non-hydrogen) atoms. The van der Waals surface area contributed by atoms with E-state index in [0.29, 0.717) is 18.4 Å². The summed E-state index contributed by atoms with van der Waals surface area (Å²) >= 11 is 0. The minimum Gasteiger partial charge on any atom is -0.446 e. The van der Waals surface area contributed by atoms with Crippen molar-refractivity contribution in [2.45, 2.75) is 70.0 Å². The van der Waals surface area contributed by atoms with Gasteiger partial charge in [0.1, 0.15) is 6.67 Å². The van der Waals surface area contributed by atoms with E-state index in [1.165, 1.54) is 41.0 Å². The van der Waals surface area contributed by atoms with Gasteiger partial charge in [0.2, 0.25) is 5.91 Å². The number of halogens is 4. The molecule has 3 rings (SSSR count). The predicted octanol–water partition coefficient (Wildman–Crippen LogP) is 5.81. The predicted molar refractivity (Wildman–Crippen MR) is 133 cm³/mol. The normalized spacial score (nSPS) is 16.1. The van der Waals surface area contributed by atoms with E-state index in [1.807, 2.05) is 0 Å². The van der Waals surface area contributed by atoms with Crippen molar-refractivity contribution in [1.29, 1.82) is 0 Å². The zero-order chi connectivity index (χ0) is 28.4. The summed E-state index contributed by atoms with van der Waals surface area (Å²) in [5.74, 6) is -0.453. The van der Waals surface area contributed by atoms with Gasteiger partial charge in [-0.3, -0.25) is 9.69 Å². The molecule has 2 aromatic rings. The number of alkyl halides is 4. The number of hydrogen-bond donors (Lipinski definition) is 0. The van der Waals surface area contributed by atoms with Crippen molar-refractivity contribution in [3.8, 4) is 0 Å². The molecular formula is C26H30F4N2O5S. The molecule has 7 nitrogen and oxygen atoms in total. The number of rotatable bonds is 6. The van der Waals surface area contributed by atoms with E-state index >= 15 is 0 Å². The third-order valence-corrected chi connectivity index (χ3v) is 7.27. The molecule has 1 aliphatic heterocycles. The van der Waals surface area contributed by atoms with E-state index in [4.69, 9.17) is 4.74 Å². The summed E-state index contributed by atoms with van der Waals surface area (Å²) in [6, 6.07) is 6.40. The zero-order valence-corrected chi connectivity index (χ0v) is 22.3. The van der Waals surface area contributed by atoms with Crippen LogP contribution in [-0.4, -0.2) is 44.2 Å². The van der Waals surface area contributed by atoms with Crippen LogP contribution in [0.2, 0.25) is 0 Å². The van der Waals surface area contributed by atoms with Gasteiger partial charge in [-0.15, -0.1) is 0 Å². The molecule has 12 heteroatoms. The fraction of sp³-hybridized carbons (Fsp3) is 0.462. The number of amides is 2.